The number of rotatable bonds is 7. The highest BCUT2D eigenvalue weighted by Crippen LogP contribution is 2.41. The van der Waals surface area contributed by atoms with Crippen molar-refractivity contribution in [1.82, 2.24) is 10.6 Å². The molecule has 1 aromatic heterocycles. The second kappa shape index (κ2) is 8.82. The minimum absolute atomic E-state index is 0.104. The van der Waals surface area contributed by atoms with Crippen molar-refractivity contribution >= 4 is 27.3 Å². The number of nitrogens with two attached hydrogens (primary N) is 1. The fraction of sp³-hybridized carbons (Fsp3) is 0.688. The van der Waals surface area contributed by atoms with E-state index in [2.05, 4.69) is 28.1 Å². The topological polar surface area (TPSA) is 96.6 Å². The number of hydrogen-bond donors (Lipinski definition) is 3. The van der Waals surface area contributed by atoms with E-state index in [4.69, 9.17) is 10.1 Å². The average molecular weight is 373 g/mol. The summed E-state index contributed by atoms with van der Waals surface area (Å²) in [5, 5.41) is 13.4. The zero-order valence-electron chi connectivity index (χ0n) is 14.3. The Bertz CT molecular complexity index is 621. The lowest BCUT2D eigenvalue weighted by atomic mass is 9.73. The van der Waals surface area contributed by atoms with Gasteiger partial charge in [0.15, 0.2) is 5.96 Å². The first-order chi connectivity index (χ1) is 11.5. The van der Waals surface area contributed by atoms with Crippen LogP contribution in [0.5, 0.6) is 0 Å². The van der Waals surface area contributed by atoms with E-state index in [9.17, 15) is 8.42 Å². The summed E-state index contributed by atoms with van der Waals surface area (Å²) in [6.45, 7) is 3.70. The number of thiophene rings is 1. The molecule has 0 atom stereocenters. The van der Waals surface area contributed by atoms with Crippen molar-refractivity contribution in [3.8, 4) is 0 Å². The second-order valence-corrected chi connectivity index (χ2v) is 8.99. The Labute approximate surface area is 149 Å². The molecule has 0 aromatic carbocycles. The van der Waals surface area contributed by atoms with Crippen molar-refractivity contribution in [2.24, 2.45) is 10.1 Å². The molecule has 2 rings (SSSR count). The predicted octanol–water partition coefficient (Wildman–Crippen LogP) is 1.79. The van der Waals surface area contributed by atoms with Crippen LogP contribution in [0.2, 0.25) is 0 Å². The Kier molecular flexibility index (Phi) is 7.06. The molecule has 4 N–H and O–H groups in total. The van der Waals surface area contributed by atoms with Crippen LogP contribution in [-0.2, 0) is 15.4 Å². The maximum Gasteiger partial charge on any atom is 0.210 e. The smallest absolute Gasteiger partial charge is 0.210 e. The van der Waals surface area contributed by atoms with Crippen LogP contribution in [0.15, 0.2) is 22.5 Å². The molecular weight excluding hydrogens is 344 g/mol. The maximum atomic E-state index is 11.1. The number of aliphatic imine (C=N–C) groups is 1. The van der Waals surface area contributed by atoms with Gasteiger partial charge in [0, 0.05) is 23.4 Å². The van der Waals surface area contributed by atoms with Gasteiger partial charge >= 0.3 is 0 Å². The van der Waals surface area contributed by atoms with Crippen molar-refractivity contribution < 1.29 is 8.42 Å². The summed E-state index contributed by atoms with van der Waals surface area (Å²) < 4.78 is 22.1. The molecule has 1 aromatic rings. The molecule has 0 spiro atoms. The van der Waals surface area contributed by atoms with Crippen LogP contribution >= 0.6 is 11.3 Å². The van der Waals surface area contributed by atoms with Gasteiger partial charge in [0.2, 0.25) is 10.0 Å². The molecule has 8 heteroatoms. The van der Waals surface area contributed by atoms with E-state index in [1.165, 1.54) is 24.1 Å². The highest BCUT2D eigenvalue weighted by Gasteiger charge is 2.34. The van der Waals surface area contributed by atoms with E-state index in [0.29, 0.717) is 5.96 Å². The largest absolute Gasteiger partial charge is 0.357 e. The lowest BCUT2D eigenvalue weighted by molar-refractivity contribution is 0.306. The third kappa shape index (κ3) is 5.75. The quantitative estimate of drug-likeness (QED) is 0.502. The van der Waals surface area contributed by atoms with Crippen LogP contribution in [0.3, 0.4) is 0 Å². The third-order valence-electron chi connectivity index (χ3n) is 4.42. The zero-order chi connectivity index (χ0) is 17.5. The van der Waals surface area contributed by atoms with E-state index in [1.807, 2.05) is 18.3 Å². The minimum atomic E-state index is -3.46. The molecule has 1 saturated carbocycles. The standard InChI is InChI=1S/C16H28N4O2S2/c1-2-18-15(19-10-12-24(17,21)22)20-13-16(8-4-3-5-9-16)14-7-6-11-23-14/h6-7,11H,2-5,8-10,12-13H2,1H3,(H2,17,21,22)(H2,18,19,20). The van der Waals surface area contributed by atoms with Crippen LogP contribution in [0.1, 0.15) is 43.9 Å². The molecule has 1 aliphatic rings. The van der Waals surface area contributed by atoms with Gasteiger partial charge < -0.3 is 10.6 Å². The van der Waals surface area contributed by atoms with Gasteiger partial charge in [0.25, 0.3) is 0 Å². The van der Waals surface area contributed by atoms with Crippen molar-refractivity contribution in [2.75, 3.05) is 25.4 Å². The van der Waals surface area contributed by atoms with Crippen LogP contribution in [0, 0.1) is 0 Å². The highest BCUT2D eigenvalue weighted by molar-refractivity contribution is 7.89. The van der Waals surface area contributed by atoms with Crippen LogP contribution in [0.25, 0.3) is 0 Å². The fourth-order valence-electron chi connectivity index (χ4n) is 3.18. The molecular formula is C16H28N4O2S2. The van der Waals surface area contributed by atoms with E-state index in [1.54, 1.807) is 0 Å². The summed E-state index contributed by atoms with van der Waals surface area (Å²) in [6.07, 6.45) is 6.09. The van der Waals surface area contributed by atoms with E-state index < -0.39 is 10.0 Å². The minimum Gasteiger partial charge on any atom is -0.357 e. The monoisotopic (exact) mass is 372 g/mol. The van der Waals surface area contributed by atoms with E-state index in [0.717, 1.165) is 25.9 Å². The summed E-state index contributed by atoms with van der Waals surface area (Å²) in [5.41, 5.74) is 0.120. The lowest BCUT2D eigenvalue weighted by Crippen LogP contribution is -2.42. The number of primary sulfonamides is 1. The van der Waals surface area contributed by atoms with Gasteiger partial charge in [-0.1, -0.05) is 25.3 Å². The number of guanidine groups is 1. The van der Waals surface area contributed by atoms with Gasteiger partial charge in [-0.25, -0.2) is 13.6 Å². The highest BCUT2D eigenvalue weighted by atomic mass is 32.2. The van der Waals surface area contributed by atoms with Gasteiger partial charge in [0.1, 0.15) is 0 Å². The second-order valence-electron chi connectivity index (χ2n) is 6.31. The fourth-order valence-corrected chi connectivity index (χ4v) is 4.54. The molecule has 1 heterocycles. The Morgan fingerprint density at radius 1 is 1.33 bits per heavy atom. The van der Waals surface area contributed by atoms with Crippen LogP contribution in [0.4, 0.5) is 0 Å². The summed E-state index contributed by atoms with van der Waals surface area (Å²) in [5.74, 6) is 0.552. The molecule has 0 bridgehead atoms. The maximum absolute atomic E-state index is 11.1. The first kappa shape index (κ1) is 19.2. The molecule has 0 unspecified atom stereocenters. The van der Waals surface area contributed by atoms with E-state index >= 15 is 0 Å². The predicted molar refractivity (Wildman–Crippen MR) is 101 cm³/mol. The SMILES string of the molecule is CCNC(=NCC1(c2cccs2)CCCCC1)NCCS(N)(=O)=O. The molecule has 0 amide bonds. The van der Waals surface area contributed by atoms with Gasteiger partial charge in [-0.15, -0.1) is 11.3 Å². The van der Waals surface area contributed by atoms with Gasteiger partial charge in [0.05, 0.1) is 12.3 Å². The number of hydrogen-bond acceptors (Lipinski definition) is 4. The number of sulfonamides is 1. The number of nitrogens with zero attached hydrogens (tertiary/aromatic N) is 1. The first-order valence-corrected chi connectivity index (χ1v) is 11.1. The van der Waals surface area contributed by atoms with Crippen molar-refractivity contribution in [2.45, 2.75) is 44.4 Å². The van der Waals surface area contributed by atoms with E-state index in [-0.39, 0.29) is 17.7 Å². The first-order valence-electron chi connectivity index (χ1n) is 8.52. The average Bonchev–Trinajstić information content (AvgIpc) is 3.07. The molecule has 6 nitrogen and oxygen atoms in total. The normalized spacial score (nSPS) is 18.3. The molecule has 0 radical (unpaired) electrons. The molecule has 1 aliphatic carbocycles. The lowest BCUT2D eigenvalue weighted by Gasteiger charge is -2.35. The summed E-state index contributed by atoms with van der Waals surface area (Å²) in [6, 6.07) is 4.32. The summed E-state index contributed by atoms with van der Waals surface area (Å²) in [7, 11) is -3.46. The Morgan fingerprint density at radius 3 is 2.67 bits per heavy atom. The summed E-state index contributed by atoms with van der Waals surface area (Å²) in [4.78, 5) is 6.16. The van der Waals surface area contributed by atoms with Gasteiger partial charge in [-0.05, 0) is 31.2 Å². The van der Waals surface area contributed by atoms with Crippen molar-refractivity contribution in [1.29, 1.82) is 0 Å². The summed E-state index contributed by atoms with van der Waals surface area (Å²) >= 11 is 1.81. The Hall–Kier alpha value is -1.12. The third-order valence-corrected chi connectivity index (χ3v) is 6.31. The van der Waals surface area contributed by atoms with Crippen molar-refractivity contribution in [3.05, 3.63) is 22.4 Å². The van der Waals surface area contributed by atoms with Crippen LogP contribution < -0.4 is 15.8 Å². The van der Waals surface area contributed by atoms with Gasteiger partial charge in [-0.3, -0.25) is 4.99 Å². The number of nitrogens with one attached hydrogen (secondary N) is 2. The molecule has 136 valence electrons. The van der Waals surface area contributed by atoms with Crippen molar-refractivity contribution in [3.63, 3.8) is 0 Å². The molecule has 0 aliphatic heterocycles. The van der Waals surface area contributed by atoms with Gasteiger partial charge in [-0.2, -0.15) is 0 Å². The molecule has 1 fully saturated rings. The zero-order valence-corrected chi connectivity index (χ0v) is 15.9. The van der Waals surface area contributed by atoms with Crippen LogP contribution in [-0.4, -0.2) is 39.8 Å². The Morgan fingerprint density at radius 2 is 2.08 bits per heavy atom. The Balaban J connectivity index is 2.06. The molecule has 0 saturated heterocycles. The molecule has 24 heavy (non-hydrogen) atoms.